The number of anilines is 2. The van der Waals surface area contributed by atoms with Crippen molar-refractivity contribution in [3.05, 3.63) is 176 Å². The molecule has 284 valence electrons. The number of hydrogen-bond donors (Lipinski definition) is 2. The Hall–Kier alpha value is -6.87. The molecule has 2 heterocycles. The van der Waals surface area contributed by atoms with Gasteiger partial charge < -0.3 is 11.1 Å². The average molecular weight is 815 g/mol. The van der Waals surface area contributed by atoms with Crippen molar-refractivity contribution in [3.63, 3.8) is 0 Å². The second-order valence-corrected chi connectivity index (χ2v) is 14.9. The third-order valence-electron chi connectivity index (χ3n) is 8.24. The number of nitro groups is 2. The van der Waals surface area contributed by atoms with E-state index in [1.54, 1.807) is 40.9 Å². The summed E-state index contributed by atoms with van der Waals surface area (Å²) >= 11 is 8.46. The van der Waals surface area contributed by atoms with E-state index in [1.165, 1.54) is 52.2 Å². The van der Waals surface area contributed by atoms with Crippen LogP contribution >= 0.6 is 34.3 Å². The van der Waals surface area contributed by atoms with Crippen LogP contribution in [0.4, 0.5) is 22.7 Å². The van der Waals surface area contributed by atoms with Gasteiger partial charge in [0.1, 0.15) is 10.0 Å². The van der Waals surface area contributed by atoms with E-state index < -0.39 is 21.0 Å². The minimum atomic E-state index is -0.696. The van der Waals surface area contributed by atoms with Gasteiger partial charge in [-0.3, -0.25) is 29.8 Å². The van der Waals surface area contributed by atoms with Crippen LogP contribution in [0.25, 0.3) is 41.6 Å². The molecule has 0 atom stereocenters. The van der Waals surface area contributed by atoms with E-state index in [2.05, 4.69) is 53.4 Å². The number of nitrogen functional groups attached to an aromatic ring is 1. The molecule has 12 nitrogen and oxygen atoms in total. The number of thiazole rings is 2. The maximum atomic E-state index is 12.3. The third kappa shape index (κ3) is 10.3. The molecular formula is C42H31ClN6O6S2. The summed E-state index contributed by atoms with van der Waals surface area (Å²) in [5.74, 6) is -0.396. The van der Waals surface area contributed by atoms with Crippen molar-refractivity contribution in [3.8, 4) is 21.1 Å². The standard InChI is InChI=1S/C21H15N3O3S.C14H12N2S.C7H4ClNO3/c1-13-5-10-18-19(11-13)28-21(23-18)14-6-8-16(9-7-14)22-20(25)15-3-2-4-17(12-15)24(26)27;1-9-2-7-12-13(8-9)17-14(16-12)10-3-5-11(15)6-4-10;8-7(10)5-2-1-3-6(4-5)9(11)12/h2-12H,1H3,(H,22,25);2-8H,15H2,1H3;1-4H. The third-order valence-corrected chi connectivity index (χ3v) is 10.6. The molecule has 6 aromatic carbocycles. The Labute approximate surface area is 338 Å². The lowest BCUT2D eigenvalue weighted by molar-refractivity contribution is -0.385. The van der Waals surface area contributed by atoms with Gasteiger partial charge in [-0.05, 0) is 122 Å². The first kappa shape index (κ1) is 39.8. The van der Waals surface area contributed by atoms with Crippen LogP contribution in [0.3, 0.4) is 0 Å². The molecule has 0 bridgehead atoms. The molecule has 0 aliphatic carbocycles. The maximum absolute atomic E-state index is 12.3. The number of carbonyl (C=O) groups excluding carboxylic acids is 2. The second-order valence-electron chi connectivity index (χ2n) is 12.5. The van der Waals surface area contributed by atoms with E-state index in [0.717, 1.165) is 48.6 Å². The summed E-state index contributed by atoms with van der Waals surface area (Å²) in [6, 6.07) is 38.6. The lowest BCUT2D eigenvalue weighted by Crippen LogP contribution is -2.11. The minimum absolute atomic E-state index is 0.117. The van der Waals surface area contributed by atoms with Crippen molar-refractivity contribution in [2.45, 2.75) is 13.8 Å². The number of hydrogen-bond acceptors (Lipinski definition) is 11. The number of nitrogens with two attached hydrogens (primary N) is 1. The largest absolute Gasteiger partial charge is 0.399 e. The summed E-state index contributed by atoms with van der Waals surface area (Å²) in [6.45, 7) is 4.15. The molecule has 0 fully saturated rings. The first-order chi connectivity index (χ1) is 27.3. The Kier molecular flexibility index (Phi) is 12.4. The van der Waals surface area contributed by atoms with Crippen molar-refractivity contribution >= 4 is 88.6 Å². The molecule has 0 unspecified atom stereocenters. The maximum Gasteiger partial charge on any atom is 0.270 e. The summed E-state index contributed by atoms with van der Waals surface area (Å²) in [5, 5.41) is 25.1. The number of nitrogens with zero attached hydrogens (tertiary/aromatic N) is 4. The molecule has 3 N–H and O–H groups in total. The van der Waals surface area contributed by atoms with Gasteiger partial charge in [-0.25, -0.2) is 9.97 Å². The number of fused-ring (bicyclic) bond motifs is 2. The van der Waals surface area contributed by atoms with Gasteiger partial charge in [-0.1, -0.05) is 24.3 Å². The van der Waals surface area contributed by atoms with Crippen LogP contribution in [-0.4, -0.2) is 31.0 Å². The van der Waals surface area contributed by atoms with E-state index in [9.17, 15) is 29.8 Å². The van der Waals surface area contributed by atoms with Crippen LogP contribution in [0.1, 0.15) is 31.8 Å². The highest BCUT2D eigenvalue weighted by Crippen LogP contribution is 2.32. The molecule has 0 radical (unpaired) electrons. The van der Waals surface area contributed by atoms with Crippen molar-refractivity contribution in [2.24, 2.45) is 0 Å². The second kappa shape index (κ2) is 17.7. The molecule has 15 heteroatoms. The number of amides is 1. The highest BCUT2D eigenvalue weighted by Gasteiger charge is 2.13. The zero-order valence-electron chi connectivity index (χ0n) is 30.2. The lowest BCUT2D eigenvalue weighted by Gasteiger charge is -2.06. The van der Waals surface area contributed by atoms with Gasteiger partial charge in [0.2, 0.25) is 0 Å². The first-order valence-corrected chi connectivity index (χ1v) is 19.0. The van der Waals surface area contributed by atoms with Crippen LogP contribution in [0.2, 0.25) is 0 Å². The number of benzene rings is 6. The molecule has 2 aromatic heterocycles. The average Bonchev–Trinajstić information content (AvgIpc) is 3.83. The Morgan fingerprint density at radius 3 is 1.56 bits per heavy atom. The van der Waals surface area contributed by atoms with Crippen molar-refractivity contribution in [2.75, 3.05) is 11.1 Å². The number of rotatable bonds is 7. The molecule has 0 saturated heterocycles. The number of aromatic nitrogens is 2. The SMILES string of the molecule is Cc1ccc2nc(-c3ccc(N)cc3)sc2c1.Cc1ccc2nc(-c3ccc(NC(=O)c4cccc([N+](=O)[O-])c4)cc3)sc2c1.O=C(Cl)c1cccc([N+](=O)[O-])c1. The fourth-order valence-electron chi connectivity index (χ4n) is 5.34. The van der Waals surface area contributed by atoms with Crippen LogP contribution in [-0.2, 0) is 0 Å². The molecule has 8 rings (SSSR count). The molecule has 0 aliphatic heterocycles. The van der Waals surface area contributed by atoms with Crippen LogP contribution in [0.15, 0.2) is 133 Å². The van der Waals surface area contributed by atoms with E-state index in [0.29, 0.717) is 5.69 Å². The normalized spacial score (nSPS) is 10.5. The molecule has 8 aromatic rings. The van der Waals surface area contributed by atoms with Gasteiger partial charge in [-0.2, -0.15) is 0 Å². The van der Waals surface area contributed by atoms with E-state index >= 15 is 0 Å². The Morgan fingerprint density at radius 1 is 0.632 bits per heavy atom. The highest BCUT2D eigenvalue weighted by atomic mass is 35.5. The molecule has 57 heavy (non-hydrogen) atoms. The zero-order chi connectivity index (χ0) is 40.6. The molecule has 0 aliphatic rings. The predicted molar refractivity (Wildman–Crippen MR) is 228 cm³/mol. The lowest BCUT2D eigenvalue weighted by atomic mass is 10.1. The number of carbonyl (C=O) groups is 2. The molecule has 0 spiro atoms. The van der Waals surface area contributed by atoms with Crippen LogP contribution in [0.5, 0.6) is 0 Å². The summed E-state index contributed by atoms with van der Waals surface area (Å²) in [4.78, 5) is 52.2. The topological polar surface area (TPSA) is 184 Å². The van der Waals surface area contributed by atoms with E-state index in [1.807, 2.05) is 48.5 Å². The van der Waals surface area contributed by atoms with Gasteiger partial charge in [0.25, 0.3) is 22.5 Å². The van der Waals surface area contributed by atoms with Crippen LogP contribution < -0.4 is 11.1 Å². The zero-order valence-corrected chi connectivity index (χ0v) is 32.6. The molecule has 0 saturated carbocycles. The van der Waals surface area contributed by atoms with Gasteiger partial charge >= 0.3 is 0 Å². The smallest absolute Gasteiger partial charge is 0.270 e. The predicted octanol–water partition coefficient (Wildman–Crippen LogP) is 11.3. The Morgan fingerprint density at radius 2 is 1.09 bits per heavy atom. The van der Waals surface area contributed by atoms with Crippen LogP contribution in [0, 0.1) is 34.1 Å². The highest BCUT2D eigenvalue weighted by molar-refractivity contribution is 7.22. The number of aryl methyl sites for hydroxylation is 2. The number of nitrogens with one attached hydrogen (secondary N) is 1. The van der Waals surface area contributed by atoms with Gasteiger partial charge in [-0.15, -0.1) is 22.7 Å². The molecule has 1 amide bonds. The summed E-state index contributed by atoms with van der Waals surface area (Å²) in [5.41, 5.74) is 13.8. The van der Waals surface area contributed by atoms with E-state index in [4.69, 9.17) is 17.3 Å². The van der Waals surface area contributed by atoms with E-state index in [-0.39, 0.29) is 22.5 Å². The van der Waals surface area contributed by atoms with Crippen molar-refractivity contribution in [1.82, 2.24) is 9.97 Å². The monoisotopic (exact) mass is 814 g/mol. The summed E-state index contributed by atoms with van der Waals surface area (Å²) in [6.07, 6.45) is 0. The fourth-order valence-corrected chi connectivity index (χ4v) is 7.59. The molecular weight excluding hydrogens is 784 g/mol. The Bertz CT molecular complexity index is 2740. The van der Waals surface area contributed by atoms with Gasteiger partial charge in [0, 0.05) is 57.9 Å². The first-order valence-electron chi connectivity index (χ1n) is 17.0. The quantitative estimate of drug-likeness (QED) is 0.0683. The summed E-state index contributed by atoms with van der Waals surface area (Å²) in [7, 11) is 0. The van der Waals surface area contributed by atoms with Crippen molar-refractivity contribution < 1.29 is 19.4 Å². The Balaban J connectivity index is 0.000000160. The minimum Gasteiger partial charge on any atom is -0.399 e. The summed E-state index contributed by atoms with van der Waals surface area (Å²) < 4.78 is 2.37. The number of nitro benzene ring substituents is 2. The number of halogens is 1. The van der Waals surface area contributed by atoms with Gasteiger partial charge in [0.05, 0.1) is 30.3 Å². The van der Waals surface area contributed by atoms with Crippen molar-refractivity contribution in [1.29, 1.82) is 0 Å². The fraction of sp³-hybridized carbons (Fsp3) is 0.0476. The number of non-ortho nitro benzene ring substituents is 2. The van der Waals surface area contributed by atoms with Gasteiger partial charge in [0.15, 0.2) is 0 Å².